The third-order valence-electron chi connectivity index (χ3n) is 2.62. The second kappa shape index (κ2) is 12.0. The minimum absolute atomic E-state index is 0.146. The van der Waals surface area contributed by atoms with Crippen LogP contribution in [0.3, 0.4) is 0 Å². The topological polar surface area (TPSA) is 174 Å². The second-order valence-corrected chi connectivity index (χ2v) is 5.04. The van der Waals surface area contributed by atoms with Gasteiger partial charge in [0.2, 0.25) is 12.8 Å². The first-order valence-electron chi connectivity index (χ1n) is 7.18. The van der Waals surface area contributed by atoms with Crippen LogP contribution in [0.4, 0.5) is 19.0 Å². The van der Waals surface area contributed by atoms with Gasteiger partial charge in [-0.25, -0.2) is 9.78 Å². The van der Waals surface area contributed by atoms with Crippen LogP contribution in [0.25, 0.3) is 0 Å². The smallest absolute Gasteiger partial charge is 0.417 e. The molecule has 0 bridgehead atoms. The number of aryl methyl sites for hydroxylation is 1. The number of nitrogens with one attached hydrogen (secondary N) is 1. The summed E-state index contributed by atoms with van der Waals surface area (Å²) in [5, 5.41) is 12.9. The van der Waals surface area contributed by atoms with Crippen molar-refractivity contribution in [3.05, 3.63) is 50.7 Å². The van der Waals surface area contributed by atoms with E-state index < -0.39 is 17.4 Å². The van der Waals surface area contributed by atoms with E-state index in [0.717, 1.165) is 6.21 Å². The SMILES string of the molecule is Cc1cc(O)c(/C=N/Nc2ncc(C(F)(F)F)cc2Cl)c(=O)o1.NC=O.NC=O. The van der Waals surface area contributed by atoms with Crippen LogP contribution in [0.2, 0.25) is 5.02 Å². The summed E-state index contributed by atoms with van der Waals surface area (Å²) >= 11 is 5.67. The molecule has 0 radical (unpaired) electrons. The predicted octanol–water partition coefficient (Wildman–Crippen LogP) is 1.37. The van der Waals surface area contributed by atoms with Gasteiger partial charge in [0, 0.05) is 12.3 Å². The van der Waals surface area contributed by atoms with Crippen molar-refractivity contribution in [1.29, 1.82) is 0 Å². The number of carbonyl (C=O) groups excluding carboxylic acids is 2. The lowest BCUT2D eigenvalue weighted by atomic mass is 10.2. The third kappa shape index (κ3) is 8.75. The van der Waals surface area contributed by atoms with Crippen molar-refractivity contribution >= 4 is 36.5 Å². The van der Waals surface area contributed by atoms with E-state index in [-0.39, 0.29) is 40.7 Å². The van der Waals surface area contributed by atoms with Crippen LogP contribution >= 0.6 is 11.6 Å². The molecule has 0 saturated heterocycles. The van der Waals surface area contributed by atoms with Crippen LogP contribution < -0.4 is 22.5 Å². The number of aromatic hydroxyl groups is 1. The second-order valence-electron chi connectivity index (χ2n) is 4.64. The molecule has 0 aliphatic carbocycles. The Hall–Kier alpha value is -3.61. The fourth-order valence-electron chi connectivity index (χ4n) is 1.56. The Morgan fingerprint density at radius 1 is 1.28 bits per heavy atom. The van der Waals surface area contributed by atoms with Gasteiger partial charge in [-0.2, -0.15) is 18.3 Å². The molecule has 158 valence electrons. The minimum atomic E-state index is -4.56. The lowest BCUT2D eigenvalue weighted by molar-refractivity contribution is -0.137. The summed E-state index contributed by atoms with van der Waals surface area (Å²) in [4.78, 5) is 32.2. The first-order valence-corrected chi connectivity index (χ1v) is 7.55. The number of hydrazone groups is 1. The van der Waals surface area contributed by atoms with Gasteiger partial charge in [0.15, 0.2) is 5.82 Å². The number of aromatic nitrogens is 1. The standard InChI is InChI=1S/C13H9ClF3N3O3.2CH3NO/c1-6-2-10(21)8(12(22)23-6)5-19-20-11-9(14)3-7(4-18-11)13(15,16)17;2*2-1-3/h2-5,21H,1H3,(H,18,20);2*1H,(H2,2,3)/b19-5+;;. The van der Waals surface area contributed by atoms with Crippen LogP contribution in [-0.2, 0) is 15.8 Å². The zero-order chi connectivity index (χ0) is 22.6. The van der Waals surface area contributed by atoms with Crippen molar-refractivity contribution in [2.45, 2.75) is 13.1 Å². The summed E-state index contributed by atoms with van der Waals surface area (Å²) in [5.74, 6) is -0.284. The molecule has 2 heterocycles. The summed E-state index contributed by atoms with van der Waals surface area (Å²) < 4.78 is 42.2. The van der Waals surface area contributed by atoms with E-state index in [1.807, 2.05) is 0 Å². The predicted molar refractivity (Wildman–Crippen MR) is 97.3 cm³/mol. The van der Waals surface area contributed by atoms with Gasteiger partial charge in [-0.15, -0.1) is 0 Å². The normalized spacial score (nSPS) is 10.2. The van der Waals surface area contributed by atoms with E-state index in [0.29, 0.717) is 12.3 Å². The number of hydrogen-bond acceptors (Lipinski definition) is 8. The third-order valence-corrected chi connectivity index (χ3v) is 2.91. The van der Waals surface area contributed by atoms with E-state index in [9.17, 15) is 23.1 Å². The first-order chi connectivity index (χ1) is 13.5. The van der Waals surface area contributed by atoms with Crippen LogP contribution in [-0.4, -0.2) is 29.1 Å². The summed E-state index contributed by atoms with van der Waals surface area (Å²) in [5.41, 5.74) is 8.55. The molecular formula is C15H15ClF3N5O5. The van der Waals surface area contributed by atoms with Gasteiger partial charge in [0.25, 0.3) is 0 Å². The highest BCUT2D eigenvalue weighted by Crippen LogP contribution is 2.32. The number of carbonyl (C=O) groups is 2. The van der Waals surface area contributed by atoms with Crippen molar-refractivity contribution in [2.75, 3.05) is 5.43 Å². The molecule has 10 nitrogen and oxygen atoms in total. The average Bonchev–Trinajstić information content (AvgIpc) is 2.59. The molecule has 2 aromatic heterocycles. The molecule has 29 heavy (non-hydrogen) atoms. The molecular weight excluding hydrogens is 423 g/mol. The van der Waals surface area contributed by atoms with Gasteiger partial charge in [-0.1, -0.05) is 11.6 Å². The first kappa shape index (κ1) is 25.4. The number of primary amides is 2. The van der Waals surface area contributed by atoms with Crippen molar-refractivity contribution in [1.82, 2.24) is 4.98 Å². The number of amides is 2. The van der Waals surface area contributed by atoms with Gasteiger partial charge < -0.3 is 21.0 Å². The fourth-order valence-corrected chi connectivity index (χ4v) is 1.77. The highest BCUT2D eigenvalue weighted by atomic mass is 35.5. The Balaban J connectivity index is 0.00000116. The molecule has 0 aliphatic heterocycles. The quantitative estimate of drug-likeness (QED) is 0.318. The molecule has 2 rings (SSSR count). The van der Waals surface area contributed by atoms with Crippen LogP contribution in [0.15, 0.2) is 32.6 Å². The summed E-state index contributed by atoms with van der Waals surface area (Å²) in [6.45, 7) is 1.48. The maximum absolute atomic E-state index is 12.5. The molecule has 14 heteroatoms. The van der Waals surface area contributed by atoms with Gasteiger partial charge in [-0.3, -0.25) is 15.0 Å². The Kier molecular flexibility index (Phi) is 10.5. The van der Waals surface area contributed by atoms with Crippen molar-refractivity contribution < 1.29 is 32.3 Å². The fraction of sp³-hybridized carbons (Fsp3) is 0.133. The van der Waals surface area contributed by atoms with Crippen molar-refractivity contribution in [3.63, 3.8) is 0 Å². The minimum Gasteiger partial charge on any atom is -0.507 e. The molecule has 0 saturated carbocycles. The number of nitrogens with zero attached hydrogens (tertiary/aromatic N) is 2. The molecule has 0 atom stereocenters. The van der Waals surface area contributed by atoms with E-state index >= 15 is 0 Å². The number of hydrogen-bond donors (Lipinski definition) is 4. The highest BCUT2D eigenvalue weighted by Gasteiger charge is 2.31. The van der Waals surface area contributed by atoms with E-state index in [1.54, 1.807) is 0 Å². The number of rotatable bonds is 3. The number of pyridine rings is 1. The van der Waals surface area contributed by atoms with Crippen LogP contribution in [0.5, 0.6) is 5.75 Å². The lowest BCUT2D eigenvalue weighted by Crippen LogP contribution is -2.09. The molecule has 0 aromatic carbocycles. The highest BCUT2D eigenvalue weighted by molar-refractivity contribution is 6.32. The molecule has 0 unspecified atom stereocenters. The maximum Gasteiger partial charge on any atom is 0.417 e. The number of nitrogens with two attached hydrogens (primary N) is 2. The van der Waals surface area contributed by atoms with E-state index in [4.69, 9.17) is 25.6 Å². The summed E-state index contributed by atoms with van der Waals surface area (Å²) in [7, 11) is 0. The van der Waals surface area contributed by atoms with Crippen LogP contribution in [0, 0.1) is 6.92 Å². The molecule has 6 N–H and O–H groups in total. The Bertz CT molecular complexity index is 912. The van der Waals surface area contributed by atoms with Crippen molar-refractivity contribution in [3.8, 4) is 5.75 Å². The molecule has 0 fully saturated rings. The summed E-state index contributed by atoms with van der Waals surface area (Å²) in [6, 6.07) is 1.90. The van der Waals surface area contributed by atoms with Gasteiger partial charge in [-0.05, 0) is 13.0 Å². The molecule has 0 spiro atoms. The number of alkyl halides is 3. The Labute approximate surface area is 166 Å². The number of anilines is 1. The summed E-state index contributed by atoms with van der Waals surface area (Å²) in [6.07, 6.45) is -2.54. The Morgan fingerprint density at radius 2 is 1.83 bits per heavy atom. The lowest BCUT2D eigenvalue weighted by Gasteiger charge is -2.08. The molecule has 0 aliphatic rings. The monoisotopic (exact) mass is 437 g/mol. The van der Waals surface area contributed by atoms with Gasteiger partial charge >= 0.3 is 11.8 Å². The zero-order valence-electron chi connectivity index (χ0n) is 14.6. The molecule has 2 amide bonds. The maximum atomic E-state index is 12.5. The van der Waals surface area contributed by atoms with Crippen LogP contribution in [0.1, 0.15) is 16.9 Å². The van der Waals surface area contributed by atoms with E-state index in [2.05, 4.69) is 27.0 Å². The number of halogens is 4. The Morgan fingerprint density at radius 3 is 2.28 bits per heavy atom. The van der Waals surface area contributed by atoms with Crippen molar-refractivity contribution in [2.24, 2.45) is 16.6 Å². The van der Waals surface area contributed by atoms with Gasteiger partial charge in [0.05, 0.1) is 16.8 Å². The van der Waals surface area contributed by atoms with E-state index in [1.165, 1.54) is 13.0 Å². The largest absolute Gasteiger partial charge is 0.507 e. The van der Waals surface area contributed by atoms with Gasteiger partial charge in [0.1, 0.15) is 17.1 Å². The molecule has 2 aromatic rings. The average molecular weight is 438 g/mol. The zero-order valence-corrected chi connectivity index (χ0v) is 15.4.